The molecule has 0 bridgehead atoms. The number of halogens is 2. The van der Waals surface area contributed by atoms with Crippen LogP contribution in [-0.2, 0) is 4.74 Å². The third kappa shape index (κ3) is 6.93. The van der Waals surface area contributed by atoms with Gasteiger partial charge in [0.05, 0.1) is 39.3 Å². The minimum atomic E-state index is 0. The first-order valence-corrected chi connectivity index (χ1v) is 11.5. The Labute approximate surface area is 218 Å². The minimum Gasteiger partial charge on any atom is -0.497 e. The van der Waals surface area contributed by atoms with Crippen molar-refractivity contribution in [3.8, 4) is 11.5 Å². The number of anilines is 4. The third-order valence-electron chi connectivity index (χ3n) is 5.10. The van der Waals surface area contributed by atoms with Crippen LogP contribution in [0, 0.1) is 6.92 Å². The lowest BCUT2D eigenvalue weighted by molar-refractivity contribution is 0.122. The Kier molecular flexibility index (Phi) is 9.47. The molecule has 2 N–H and O–H groups in total. The predicted molar refractivity (Wildman–Crippen MR) is 143 cm³/mol. The molecule has 0 radical (unpaired) electrons. The van der Waals surface area contributed by atoms with E-state index < -0.39 is 0 Å². The van der Waals surface area contributed by atoms with E-state index in [9.17, 15) is 0 Å². The van der Waals surface area contributed by atoms with Gasteiger partial charge in [-0.25, -0.2) is 5.43 Å². The van der Waals surface area contributed by atoms with E-state index in [0.29, 0.717) is 55.6 Å². The van der Waals surface area contributed by atoms with Crippen molar-refractivity contribution in [1.82, 2.24) is 15.0 Å². The molecule has 3 aromatic rings. The zero-order valence-corrected chi connectivity index (χ0v) is 22.0. The number of hydrogen-bond acceptors (Lipinski definition) is 10. The molecule has 1 fully saturated rings. The van der Waals surface area contributed by atoms with E-state index in [1.54, 1.807) is 26.5 Å². The molecule has 4 rings (SSSR count). The molecule has 10 nitrogen and oxygen atoms in total. The lowest BCUT2D eigenvalue weighted by atomic mass is 10.2. The summed E-state index contributed by atoms with van der Waals surface area (Å²) in [4.78, 5) is 15.7. The fraction of sp³-hybridized carbons (Fsp3) is 0.304. The van der Waals surface area contributed by atoms with Crippen LogP contribution in [0.15, 0.2) is 46.0 Å². The first-order valence-electron chi connectivity index (χ1n) is 10.7. The summed E-state index contributed by atoms with van der Waals surface area (Å²) in [6.45, 7) is 4.67. The number of nitrogens with one attached hydrogen (secondary N) is 2. The highest BCUT2D eigenvalue weighted by atomic mass is 79.9. The molecule has 35 heavy (non-hydrogen) atoms. The van der Waals surface area contributed by atoms with Crippen molar-refractivity contribution in [1.29, 1.82) is 0 Å². The summed E-state index contributed by atoms with van der Waals surface area (Å²) >= 11 is 3.59. The zero-order chi connectivity index (χ0) is 23.9. The number of nitrogens with zero attached hydrogens (tertiary/aromatic N) is 5. The highest BCUT2D eigenvalue weighted by Crippen LogP contribution is 2.27. The van der Waals surface area contributed by atoms with E-state index in [2.05, 4.69) is 51.6 Å². The maximum Gasteiger partial charge on any atom is 0.250 e. The van der Waals surface area contributed by atoms with Gasteiger partial charge in [-0.05, 0) is 52.7 Å². The van der Waals surface area contributed by atoms with Gasteiger partial charge in [-0.3, -0.25) is 0 Å². The standard InChI is InChI=1S/C23H26BrN7O3.ClH/c1-15-4-7-19(18(24)12-15)26-21-27-22(29-23(28-21)31-8-10-34-11-9-31)30-25-14-16-5-6-17(32-2)13-20(16)33-3;/h4-7,12-14H,8-11H2,1-3H3,(H2,26,27,28,29,30);1H/b25-14-;. The molecule has 1 aliphatic rings. The Morgan fingerprint density at radius 2 is 1.80 bits per heavy atom. The van der Waals surface area contributed by atoms with Gasteiger partial charge >= 0.3 is 0 Å². The number of morpholine rings is 1. The van der Waals surface area contributed by atoms with Crippen LogP contribution in [0.3, 0.4) is 0 Å². The number of aromatic nitrogens is 3. The van der Waals surface area contributed by atoms with Crippen molar-refractivity contribution in [3.05, 3.63) is 52.0 Å². The molecule has 1 saturated heterocycles. The highest BCUT2D eigenvalue weighted by molar-refractivity contribution is 9.10. The van der Waals surface area contributed by atoms with Crippen LogP contribution in [0.2, 0.25) is 0 Å². The van der Waals surface area contributed by atoms with E-state index in [-0.39, 0.29) is 12.4 Å². The summed E-state index contributed by atoms with van der Waals surface area (Å²) in [5.41, 5.74) is 5.69. The second-order valence-electron chi connectivity index (χ2n) is 7.47. The number of aryl methyl sites for hydroxylation is 1. The minimum absolute atomic E-state index is 0. The monoisotopic (exact) mass is 563 g/mol. The normalized spacial score (nSPS) is 13.3. The molecule has 1 aromatic heterocycles. The Bertz CT molecular complexity index is 1180. The van der Waals surface area contributed by atoms with Gasteiger partial charge in [0.1, 0.15) is 11.5 Å². The molecule has 0 saturated carbocycles. The van der Waals surface area contributed by atoms with Crippen LogP contribution in [0.5, 0.6) is 11.5 Å². The summed E-state index contributed by atoms with van der Waals surface area (Å²) in [5.74, 6) is 2.60. The molecule has 186 valence electrons. The van der Waals surface area contributed by atoms with Gasteiger partial charge in [-0.15, -0.1) is 12.4 Å². The molecule has 0 aliphatic carbocycles. The van der Waals surface area contributed by atoms with Crippen LogP contribution in [0.4, 0.5) is 23.5 Å². The van der Waals surface area contributed by atoms with Crippen LogP contribution >= 0.6 is 28.3 Å². The van der Waals surface area contributed by atoms with Gasteiger partial charge in [0.2, 0.25) is 17.8 Å². The largest absolute Gasteiger partial charge is 0.497 e. The maximum absolute atomic E-state index is 5.46. The molecule has 1 aliphatic heterocycles. The number of methoxy groups -OCH3 is 2. The van der Waals surface area contributed by atoms with Crippen molar-refractivity contribution in [2.75, 3.05) is 56.2 Å². The molecular weight excluding hydrogens is 538 g/mol. The van der Waals surface area contributed by atoms with Crippen molar-refractivity contribution in [2.45, 2.75) is 6.92 Å². The second-order valence-corrected chi connectivity index (χ2v) is 8.32. The Balaban J connectivity index is 0.00000342. The Morgan fingerprint density at radius 1 is 1.03 bits per heavy atom. The van der Waals surface area contributed by atoms with Gasteiger partial charge in [0.25, 0.3) is 0 Å². The van der Waals surface area contributed by atoms with E-state index in [0.717, 1.165) is 21.3 Å². The summed E-state index contributed by atoms with van der Waals surface area (Å²) in [6.07, 6.45) is 1.64. The Hall–Kier alpha value is -3.15. The number of hydrogen-bond donors (Lipinski definition) is 2. The molecule has 0 unspecified atom stereocenters. The number of benzene rings is 2. The summed E-state index contributed by atoms with van der Waals surface area (Å²) < 4.78 is 17.0. The van der Waals surface area contributed by atoms with Crippen molar-refractivity contribution < 1.29 is 14.2 Å². The fourth-order valence-electron chi connectivity index (χ4n) is 3.30. The average Bonchev–Trinajstić information content (AvgIpc) is 2.86. The maximum atomic E-state index is 5.46. The van der Waals surface area contributed by atoms with Crippen LogP contribution in [0.1, 0.15) is 11.1 Å². The first kappa shape index (κ1) is 26.5. The third-order valence-corrected chi connectivity index (χ3v) is 5.75. The van der Waals surface area contributed by atoms with Crippen molar-refractivity contribution in [2.24, 2.45) is 5.10 Å². The predicted octanol–water partition coefficient (Wildman–Crippen LogP) is 4.41. The van der Waals surface area contributed by atoms with Crippen molar-refractivity contribution >= 4 is 58.1 Å². The van der Waals surface area contributed by atoms with Crippen molar-refractivity contribution in [3.63, 3.8) is 0 Å². The van der Waals surface area contributed by atoms with Gasteiger partial charge in [0.15, 0.2) is 0 Å². The van der Waals surface area contributed by atoms with Gasteiger partial charge in [0, 0.05) is 29.2 Å². The van der Waals surface area contributed by atoms with Crippen LogP contribution < -0.4 is 25.1 Å². The molecule has 2 heterocycles. The molecule has 0 atom stereocenters. The summed E-state index contributed by atoms with van der Waals surface area (Å²) in [6, 6.07) is 11.5. The van der Waals surface area contributed by atoms with Crippen LogP contribution in [-0.4, -0.2) is 61.7 Å². The quantitative estimate of drug-likeness (QED) is 0.304. The zero-order valence-electron chi connectivity index (χ0n) is 19.6. The number of ether oxygens (including phenoxy) is 3. The van der Waals surface area contributed by atoms with Gasteiger partial charge < -0.3 is 24.4 Å². The summed E-state index contributed by atoms with van der Waals surface area (Å²) in [5, 5.41) is 7.58. The van der Waals surface area contributed by atoms with E-state index in [1.165, 1.54) is 0 Å². The lowest BCUT2D eigenvalue weighted by Gasteiger charge is -2.27. The molecule has 2 aromatic carbocycles. The molecule has 12 heteroatoms. The number of rotatable bonds is 8. The molecular formula is C23H27BrClN7O3. The molecule has 0 spiro atoms. The van der Waals surface area contributed by atoms with Crippen LogP contribution in [0.25, 0.3) is 0 Å². The lowest BCUT2D eigenvalue weighted by Crippen LogP contribution is -2.37. The van der Waals surface area contributed by atoms with E-state index in [4.69, 9.17) is 14.2 Å². The Morgan fingerprint density at radius 3 is 2.51 bits per heavy atom. The average molecular weight is 565 g/mol. The fourth-order valence-corrected chi connectivity index (χ4v) is 3.89. The smallest absolute Gasteiger partial charge is 0.250 e. The summed E-state index contributed by atoms with van der Waals surface area (Å²) in [7, 11) is 3.21. The topological polar surface area (TPSA) is 106 Å². The first-order chi connectivity index (χ1) is 16.6. The van der Waals surface area contributed by atoms with Gasteiger partial charge in [-0.1, -0.05) is 6.07 Å². The SMILES string of the molecule is COc1ccc(/C=N\Nc2nc(Nc3ccc(C)cc3Br)nc(N3CCOCC3)n2)c(OC)c1.Cl. The molecule has 0 amide bonds. The number of hydrazone groups is 1. The van der Waals surface area contributed by atoms with E-state index in [1.807, 2.05) is 37.3 Å². The van der Waals surface area contributed by atoms with Gasteiger partial charge in [-0.2, -0.15) is 20.1 Å². The second kappa shape index (κ2) is 12.5. The highest BCUT2D eigenvalue weighted by Gasteiger charge is 2.17. The van der Waals surface area contributed by atoms with E-state index >= 15 is 0 Å².